The Morgan fingerprint density at radius 3 is 2.52 bits per heavy atom. The van der Waals surface area contributed by atoms with Crippen molar-refractivity contribution in [1.29, 1.82) is 0 Å². The summed E-state index contributed by atoms with van der Waals surface area (Å²) >= 11 is 0. The van der Waals surface area contributed by atoms with Crippen LogP contribution in [0.2, 0.25) is 0 Å². The van der Waals surface area contributed by atoms with Gasteiger partial charge in [-0.2, -0.15) is 0 Å². The van der Waals surface area contributed by atoms with E-state index in [1.165, 1.54) is 9.87 Å². The molecule has 6 heteroatoms. The quantitative estimate of drug-likeness (QED) is 0.818. The molecule has 0 bridgehead atoms. The first-order valence-corrected chi connectivity index (χ1v) is 10.8. The van der Waals surface area contributed by atoms with Crippen molar-refractivity contribution >= 4 is 27.3 Å². The molecule has 0 atom stereocenters. The highest BCUT2D eigenvalue weighted by Gasteiger charge is 2.28. The molecule has 0 aliphatic carbocycles. The maximum Gasteiger partial charge on any atom is 0.235 e. The van der Waals surface area contributed by atoms with Gasteiger partial charge >= 0.3 is 0 Å². The van der Waals surface area contributed by atoms with Gasteiger partial charge in [0.2, 0.25) is 15.9 Å². The second-order valence-corrected chi connectivity index (χ2v) is 9.60. The third-order valence-corrected chi connectivity index (χ3v) is 6.92. The van der Waals surface area contributed by atoms with Gasteiger partial charge in [0, 0.05) is 18.7 Å². The van der Waals surface area contributed by atoms with Gasteiger partial charge in [-0.25, -0.2) is 8.42 Å². The minimum atomic E-state index is -3.22. The number of rotatable bonds is 6. The normalized spacial score (nSPS) is 16.3. The molecule has 2 aromatic rings. The molecule has 144 valence electrons. The van der Waals surface area contributed by atoms with Gasteiger partial charge < -0.3 is 5.32 Å². The van der Waals surface area contributed by atoms with Crippen LogP contribution in [0.25, 0.3) is 0 Å². The predicted molar refractivity (Wildman–Crippen MR) is 110 cm³/mol. The van der Waals surface area contributed by atoms with Crippen LogP contribution in [0.3, 0.4) is 0 Å². The summed E-state index contributed by atoms with van der Waals surface area (Å²) in [6, 6.07) is 17.2. The molecule has 5 nitrogen and oxygen atoms in total. The van der Waals surface area contributed by atoms with Crippen LogP contribution in [-0.2, 0) is 20.2 Å². The van der Waals surface area contributed by atoms with Gasteiger partial charge in [-0.05, 0) is 42.0 Å². The molecule has 1 amide bonds. The van der Waals surface area contributed by atoms with Crippen LogP contribution < -0.4 is 9.62 Å². The van der Waals surface area contributed by atoms with Crippen molar-refractivity contribution in [3.63, 3.8) is 0 Å². The van der Waals surface area contributed by atoms with Crippen LogP contribution in [0.1, 0.15) is 38.7 Å². The third kappa shape index (κ3) is 4.69. The molecule has 0 saturated carbocycles. The average Bonchev–Trinajstić information content (AvgIpc) is 3.00. The highest BCUT2D eigenvalue weighted by atomic mass is 32.2. The smallest absolute Gasteiger partial charge is 0.235 e. The number of carbonyl (C=O) groups is 1. The lowest BCUT2D eigenvalue weighted by Crippen LogP contribution is -2.25. The minimum Gasteiger partial charge on any atom is -0.326 e. The summed E-state index contributed by atoms with van der Waals surface area (Å²) in [5.74, 6) is 0.110. The summed E-state index contributed by atoms with van der Waals surface area (Å²) in [7, 11) is -3.22. The van der Waals surface area contributed by atoms with Gasteiger partial charge in [-0.1, -0.05) is 50.2 Å². The van der Waals surface area contributed by atoms with E-state index in [4.69, 9.17) is 0 Å². The van der Waals surface area contributed by atoms with E-state index in [-0.39, 0.29) is 17.1 Å². The minimum absolute atomic E-state index is 0.0690. The van der Waals surface area contributed by atoms with Gasteiger partial charge in [0.1, 0.15) is 0 Å². The van der Waals surface area contributed by atoms with Crippen LogP contribution in [0.15, 0.2) is 54.6 Å². The molecular formula is C21H26N2O3S. The van der Waals surface area contributed by atoms with Crippen LogP contribution in [0.5, 0.6) is 0 Å². The topological polar surface area (TPSA) is 66.5 Å². The lowest BCUT2D eigenvalue weighted by Gasteiger charge is -2.25. The number of nitrogens with zero attached hydrogens (tertiary/aromatic N) is 1. The van der Waals surface area contributed by atoms with Crippen molar-refractivity contribution < 1.29 is 13.2 Å². The molecule has 3 rings (SSSR count). The Balaban J connectivity index is 1.62. The van der Waals surface area contributed by atoms with E-state index in [0.29, 0.717) is 30.8 Å². The van der Waals surface area contributed by atoms with Crippen LogP contribution in [0.4, 0.5) is 11.4 Å². The van der Waals surface area contributed by atoms with Crippen LogP contribution >= 0.6 is 0 Å². The van der Waals surface area contributed by atoms with E-state index in [1.54, 1.807) is 24.3 Å². The fraction of sp³-hybridized carbons (Fsp3) is 0.381. The standard InChI is InChI=1S/C21H26N2O3S/c1-21(2,17-8-4-3-5-9-17)13-12-20(24)22-18-10-6-11-19(16-18)23-14-7-15-27(23,25)26/h3-6,8-11,16H,7,12-15H2,1-2H3,(H,22,24). The lowest BCUT2D eigenvalue weighted by atomic mass is 9.80. The monoisotopic (exact) mass is 386 g/mol. The Labute approximate surface area is 161 Å². The SMILES string of the molecule is CC(C)(CCC(=O)Nc1cccc(N2CCCS2(=O)=O)c1)c1ccccc1. The molecular weight excluding hydrogens is 360 g/mol. The molecule has 1 fully saturated rings. The van der Waals surface area contributed by atoms with Gasteiger partial charge in [0.25, 0.3) is 0 Å². The number of sulfonamides is 1. The fourth-order valence-corrected chi connectivity index (χ4v) is 4.91. The molecule has 0 unspecified atom stereocenters. The number of benzene rings is 2. The highest BCUT2D eigenvalue weighted by molar-refractivity contribution is 7.93. The van der Waals surface area contributed by atoms with Crippen LogP contribution in [0, 0.1) is 0 Å². The Hall–Kier alpha value is -2.34. The number of amides is 1. The second-order valence-electron chi connectivity index (χ2n) is 7.59. The first kappa shape index (κ1) is 19.4. The van der Waals surface area contributed by atoms with E-state index in [2.05, 4.69) is 31.3 Å². The van der Waals surface area contributed by atoms with E-state index in [1.807, 2.05) is 18.2 Å². The zero-order chi connectivity index (χ0) is 19.5. The van der Waals surface area contributed by atoms with Crippen molar-refractivity contribution in [1.82, 2.24) is 0 Å². The number of hydrogen-bond acceptors (Lipinski definition) is 3. The summed E-state index contributed by atoms with van der Waals surface area (Å²) in [5, 5.41) is 2.90. The number of carbonyl (C=O) groups excluding carboxylic acids is 1. The predicted octanol–water partition coefficient (Wildman–Crippen LogP) is 3.92. The number of hydrogen-bond donors (Lipinski definition) is 1. The Morgan fingerprint density at radius 1 is 1.11 bits per heavy atom. The molecule has 2 aromatic carbocycles. The Kier molecular flexibility index (Phi) is 5.56. The molecule has 1 aliphatic rings. The van der Waals surface area contributed by atoms with Crippen molar-refractivity contribution in [3.05, 3.63) is 60.2 Å². The first-order valence-electron chi connectivity index (χ1n) is 9.24. The molecule has 0 radical (unpaired) electrons. The molecule has 1 aliphatic heterocycles. The van der Waals surface area contributed by atoms with Gasteiger partial charge in [-0.15, -0.1) is 0 Å². The van der Waals surface area contributed by atoms with Crippen molar-refractivity contribution in [2.75, 3.05) is 21.9 Å². The highest BCUT2D eigenvalue weighted by Crippen LogP contribution is 2.29. The summed E-state index contributed by atoms with van der Waals surface area (Å²) < 4.78 is 25.6. The van der Waals surface area contributed by atoms with E-state index < -0.39 is 10.0 Å². The lowest BCUT2D eigenvalue weighted by molar-refractivity contribution is -0.116. The molecule has 1 heterocycles. The third-order valence-electron chi connectivity index (χ3n) is 5.05. The summed E-state index contributed by atoms with van der Waals surface area (Å²) in [6.07, 6.45) is 1.75. The second kappa shape index (κ2) is 7.72. The van der Waals surface area contributed by atoms with Gasteiger partial charge in [0.05, 0.1) is 11.4 Å². The average molecular weight is 387 g/mol. The molecule has 0 aromatic heterocycles. The van der Waals surface area contributed by atoms with Gasteiger partial charge in [-0.3, -0.25) is 9.10 Å². The van der Waals surface area contributed by atoms with Crippen molar-refractivity contribution in [2.24, 2.45) is 0 Å². The maximum absolute atomic E-state index is 12.4. The van der Waals surface area contributed by atoms with Crippen molar-refractivity contribution in [2.45, 2.75) is 38.5 Å². The zero-order valence-corrected chi connectivity index (χ0v) is 16.6. The number of anilines is 2. The Bertz CT molecular complexity index is 908. The van der Waals surface area contributed by atoms with E-state index in [9.17, 15) is 13.2 Å². The molecule has 1 N–H and O–H groups in total. The molecule has 27 heavy (non-hydrogen) atoms. The maximum atomic E-state index is 12.4. The molecule has 1 saturated heterocycles. The largest absolute Gasteiger partial charge is 0.326 e. The van der Waals surface area contributed by atoms with E-state index >= 15 is 0 Å². The van der Waals surface area contributed by atoms with E-state index in [0.717, 1.165) is 6.42 Å². The van der Waals surface area contributed by atoms with Crippen LogP contribution in [-0.4, -0.2) is 26.6 Å². The fourth-order valence-electron chi connectivity index (χ4n) is 3.35. The number of nitrogens with one attached hydrogen (secondary N) is 1. The zero-order valence-electron chi connectivity index (χ0n) is 15.8. The summed E-state index contributed by atoms with van der Waals surface area (Å²) in [4.78, 5) is 12.4. The van der Waals surface area contributed by atoms with Gasteiger partial charge in [0.15, 0.2) is 0 Å². The summed E-state index contributed by atoms with van der Waals surface area (Å²) in [5.41, 5.74) is 2.34. The summed E-state index contributed by atoms with van der Waals surface area (Å²) in [6.45, 7) is 4.76. The van der Waals surface area contributed by atoms with Crippen molar-refractivity contribution in [3.8, 4) is 0 Å². The Morgan fingerprint density at radius 2 is 1.85 bits per heavy atom. The first-order chi connectivity index (χ1) is 12.8. The molecule has 0 spiro atoms.